The molecule has 17 heavy (non-hydrogen) atoms. The molecule has 1 aromatic rings. The predicted octanol–water partition coefficient (Wildman–Crippen LogP) is 3.78. The van der Waals surface area contributed by atoms with Gasteiger partial charge in [0.05, 0.1) is 5.03 Å². The van der Waals surface area contributed by atoms with Gasteiger partial charge in [0.1, 0.15) is 4.99 Å². The van der Waals surface area contributed by atoms with Gasteiger partial charge in [0.15, 0.2) is 0 Å². The van der Waals surface area contributed by atoms with Gasteiger partial charge in [-0.3, -0.25) is 0 Å². The molecular weight excluding hydrogens is 248 g/mol. The van der Waals surface area contributed by atoms with Gasteiger partial charge in [0.2, 0.25) is 0 Å². The molecule has 0 unspecified atom stereocenters. The molecule has 0 aliphatic heterocycles. The maximum Gasteiger partial charge on any atom is 0.104 e. The zero-order valence-corrected chi connectivity index (χ0v) is 11.9. The third-order valence-electron chi connectivity index (χ3n) is 2.52. The van der Waals surface area contributed by atoms with Crippen molar-refractivity contribution in [2.24, 2.45) is 5.73 Å². The maximum atomic E-state index is 5.59. The van der Waals surface area contributed by atoms with Crippen LogP contribution in [0.1, 0.15) is 44.6 Å². The average molecular weight is 268 g/mol. The zero-order valence-electron chi connectivity index (χ0n) is 10.3. The molecule has 2 N–H and O–H groups in total. The van der Waals surface area contributed by atoms with E-state index in [0.717, 1.165) is 16.3 Å². The number of thiocarbonyl (C=S) groups is 1. The summed E-state index contributed by atoms with van der Waals surface area (Å²) in [5.41, 5.74) is 6.49. The van der Waals surface area contributed by atoms with Crippen LogP contribution in [0, 0.1) is 0 Å². The van der Waals surface area contributed by atoms with Crippen molar-refractivity contribution in [2.75, 3.05) is 5.75 Å². The Labute approximate surface area is 113 Å². The highest BCUT2D eigenvalue weighted by Gasteiger charge is 2.00. The van der Waals surface area contributed by atoms with E-state index >= 15 is 0 Å². The molecule has 0 saturated carbocycles. The van der Waals surface area contributed by atoms with Crippen LogP contribution in [0.4, 0.5) is 0 Å². The lowest BCUT2D eigenvalue weighted by atomic mass is 10.2. The minimum Gasteiger partial charge on any atom is -0.389 e. The Hall–Kier alpha value is -0.610. The summed E-state index contributed by atoms with van der Waals surface area (Å²) in [7, 11) is 0. The lowest BCUT2D eigenvalue weighted by Crippen LogP contribution is -2.09. The number of thioether (sulfide) groups is 1. The Morgan fingerprint density at radius 3 is 2.82 bits per heavy atom. The molecule has 0 fully saturated rings. The first kappa shape index (κ1) is 14.5. The van der Waals surface area contributed by atoms with E-state index in [0.29, 0.717) is 4.99 Å². The van der Waals surface area contributed by atoms with Crippen LogP contribution < -0.4 is 5.73 Å². The van der Waals surface area contributed by atoms with E-state index in [1.165, 1.54) is 32.1 Å². The summed E-state index contributed by atoms with van der Waals surface area (Å²) >= 11 is 6.73. The van der Waals surface area contributed by atoms with Crippen LogP contribution in [0.5, 0.6) is 0 Å². The minimum absolute atomic E-state index is 0.442. The topological polar surface area (TPSA) is 38.9 Å². The second-order valence-corrected chi connectivity index (χ2v) is 5.56. The van der Waals surface area contributed by atoms with Gasteiger partial charge in [-0.15, -0.1) is 11.8 Å². The van der Waals surface area contributed by atoms with Gasteiger partial charge in [-0.05, 0) is 24.3 Å². The fraction of sp³-hybridized carbons (Fsp3) is 0.538. The molecule has 0 aliphatic rings. The Balaban J connectivity index is 2.27. The van der Waals surface area contributed by atoms with Crippen LogP contribution in [0.3, 0.4) is 0 Å². The van der Waals surface area contributed by atoms with Gasteiger partial charge in [-0.1, -0.05) is 44.8 Å². The molecular formula is C13H20N2S2. The largest absolute Gasteiger partial charge is 0.389 e. The van der Waals surface area contributed by atoms with E-state index in [1.54, 1.807) is 18.0 Å². The molecule has 0 spiro atoms. The van der Waals surface area contributed by atoms with Gasteiger partial charge in [0, 0.05) is 11.8 Å². The molecule has 94 valence electrons. The van der Waals surface area contributed by atoms with Crippen LogP contribution in [-0.2, 0) is 0 Å². The Kier molecular flexibility index (Phi) is 7.21. The number of unbranched alkanes of at least 4 members (excludes halogenated alkanes) is 4. The van der Waals surface area contributed by atoms with Crippen molar-refractivity contribution in [3.05, 3.63) is 23.9 Å². The van der Waals surface area contributed by atoms with Crippen LogP contribution >= 0.6 is 24.0 Å². The molecule has 0 atom stereocenters. The van der Waals surface area contributed by atoms with Crippen molar-refractivity contribution in [3.63, 3.8) is 0 Å². The molecule has 0 aromatic carbocycles. The maximum absolute atomic E-state index is 5.59. The lowest BCUT2D eigenvalue weighted by Gasteiger charge is -2.03. The Morgan fingerprint density at radius 1 is 1.35 bits per heavy atom. The SMILES string of the molecule is CCCCCCCSc1cc(C(N)=S)ccn1. The van der Waals surface area contributed by atoms with Gasteiger partial charge >= 0.3 is 0 Å². The predicted molar refractivity (Wildman–Crippen MR) is 79.6 cm³/mol. The molecule has 4 heteroatoms. The monoisotopic (exact) mass is 268 g/mol. The molecule has 1 heterocycles. The van der Waals surface area contributed by atoms with E-state index in [4.69, 9.17) is 18.0 Å². The van der Waals surface area contributed by atoms with E-state index in [9.17, 15) is 0 Å². The van der Waals surface area contributed by atoms with Crippen molar-refractivity contribution in [1.29, 1.82) is 0 Å². The fourth-order valence-corrected chi connectivity index (χ4v) is 2.55. The highest BCUT2D eigenvalue weighted by Crippen LogP contribution is 2.18. The number of nitrogens with two attached hydrogens (primary N) is 1. The highest BCUT2D eigenvalue weighted by atomic mass is 32.2. The van der Waals surface area contributed by atoms with E-state index in [-0.39, 0.29) is 0 Å². The lowest BCUT2D eigenvalue weighted by molar-refractivity contribution is 0.659. The van der Waals surface area contributed by atoms with E-state index in [1.807, 2.05) is 12.1 Å². The summed E-state index contributed by atoms with van der Waals surface area (Å²) in [5, 5.41) is 1.02. The quantitative estimate of drug-likeness (QED) is 0.442. The summed E-state index contributed by atoms with van der Waals surface area (Å²) in [4.78, 5) is 4.75. The smallest absolute Gasteiger partial charge is 0.104 e. The summed E-state index contributed by atoms with van der Waals surface area (Å²) in [6, 6.07) is 3.83. The summed E-state index contributed by atoms with van der Waals surface area (Å²) in [6.07, 6.45) is 8.33. The zero-order chi connectivity index (χ0) is 12.5. The van der Waals surface area contributed by atoms with Gasteiger partial charge in [0.25, 0.3) is 0 Å². The summed E-state index contributed by atoms with van der Waals surface area (Å²) in [6.45, 7) is 2.24. The van der Waals surface area contributed by atoms with Crippen molar-refractivity contribution < 1.29 is 0 Å². The van der Waals surface area contributed by atoms with Crippen LogP contribution in [0.15, 0.2) is 23.4 Å². The molecule has 0 amide bonds. The molecule has 1 rings (SSSR count). The third kappa shape index (κ3) is 6.03. The summed E-state index contributed by atoms with van der Waals surface area (Å²) in [5.74, 6) is 1.12. The van der Waals surface area contributed by atoms with Crippen LogP contribution in [0.2, 0.25) is 0 Å². The Morgan fingerprint density at radius 2 is 2.12 bits per heavy atom. The second kappa shape index (κ2) is 8.48. The number of rotatable bonds is 8. The highest BCUT2D eigenvalue weighted by molar-refractivity contribution is 7.99. The second-order valence-electron chi connectivity index (χ2n) is 4.01. The first-order valence-corrected chi connectivity index (χ1v) is 7.52. The third-order valence-corrected chi connectivity index (χ3v) is 3.76. The van der Waals surface area contributed by atoms with Gasteiger partial charge < -0.3 is 5.73 Å². The molecule has 0 aliphatic carbocycles. The van der Waals surface area contributed by atoms with Gasteiger partial charge in [-0.25, -0.2) is 4.98 Å². The summed E-state index contributed by atoms with van der Waals surface area (Å²) < 4.78 is 0. The first-order chi connectivity index (χ1) is 8.24. The Bertz CT molecular complexity index is 353. The van der Waals surface area contributed by atoms with Crippen molar-refractivity contribution in [3.8, 4) is 0 Å². The number of aromatic nitrogens is 1. The van der Waals surface area contributed by atoms with Crippen LogP contribution in [-0.4, -0.2) is 15.7 Å². The molecule has 2 nitrogen and oxygen atoms in total. The van der Waals surface area contributed by atoms with Gasteiger partial charge in [-0.2, -0.15) is 0 Å². The molecule has 0 saturated heterocycles. The number of pyridine rings is 1. The van der Waals surface area contributed by atoms with E-state index in [2.05, 4.69) is 11.9 Å². The molecule has 1 aromatic heterocycles. The van der Waals surface area contributed by atoms with E-state index < -0.39 is 0 Å². The number of hydrogen-bond donors (Lipinski definition) is 1. The average Bonchev–Trinajstić information content (AvgIpc) is 2.34. The van der Waals surface area contributed by atoms with Crippen LogP contribution in [0.25, 0.3) is 0 Å². The normalized spacial score (nSPS) is 10.4. The standard InChI is InChI=1S/C13H20N2S2/c1-2-3-4-5-6-9-17-12-10-11(13(14)16)7-8-15-12/h7-8,10H,2-6,9H2,1H3,(H2,14,16). The van der Waals surface area contributed by atoms with Crippen molar-refractivity contribution in [2.45, 2.75) is 44.1 Å². The first-order valence-electron chi connectivity index (χ1n) is 6.12. The molecule has 0 bridgehead atoms. The fourth-order valence-electron chi connectivity index (χ4n) is 1.52. The van der Waals surface area contributed by atoms with Crippen molar-refractivity contribution >= 4 is 29.0 Å². The van der Waals surface area contributed by atoms with Crippen molar-refractivity contribution in [1.82, 2.24) is 4.98 Å². The number of hydrogen-bond acceptors (Lipinski definition) is 3. The minimum atomic E-state index is 0.442. The number of nitrogens with zero attached hydrogens (tertiary/aromatic N) is 1. The molecule has 0 radical (unpaired) electrons.